The van der Waals surface area contributed by atoms with Crippen LogP contribution >= 0.6 is 0 Å². The molecule has 0 fully saturated rings. The van der Waals surface area contributed by atoms with Crippen LogP contribution in [0.3, 0.4) is 0 Å². The molecule has 0 heterocycles. The largest absolute Gasteiger partial charge is 0.397 e. The summed E-state index contributed by atoms with van der Waals surface area (Å²) < 4.78 is 0. The van der Waals surface area contributed by atoms with Crippen molar-refractivity contribution in [2.45, 2.75) is 52.4 Å². The van der Waals surface area contributed by atoms with E-state index >= 15 is 0 Å². The molecule has 1 aromatic carbocycles. The van der Waals surface area contributed by atoms with Gasteiger partial charge >= 0.3 is 0 Å². The molecule has 0 unspecified atom stereocenters. The predicted octanol–water partition coefficient (Wildman–Crippen LogP) is 6.02. The van der Waals surface area contributed by atoms with Crippen molar-refractivity contribution in [3.8, 4) is 0 Å². The van der Waals surface area contributed by atoms with Crippen LogP contribution in [-0.4, -0.2) is 6.54 Å². The van der Waals surface area contributed by atoms with Gasteiger partial charge in [0.1, 0.15) is 0 Å². The zero-order valence-corrected chi connectivity index (χ0v) is 15.3. The maximum Gasteiger partial charge on any atom is 0.0634 e. The molecule has 132 valence electrons. The number of benzene rings is 1. The molecule has 0 spiro atoms. The number of unbranched alkanes of at least 4 members (excludes halogenated alkanes) is 5. The van der Waals surface area contributed by atoms with Gasteiger partial charge in [0.25, 0.3) is 0 Å². The summed E-state index contributed by atoms with van der Waals surface area (Å²) in [6, 6.07) is 4.10. The zero-order chi connectivity index (χ0) is 17.6. The topological polar surface area (TPSA) is 50.1 Å². The first-order chi connectivity index (χ1) is 11.7. The Kier molecular flexibility index (Phi) is 10.2. The van der Waals surface area contributed by atoms with Gasteiger partial charge in [-0.1, -0.05) is 63.8 Å². The van der Waals surface area contributed by atoms with Crippen molar-refractivity contribution in [2.75, 3.05) is 22.9 Å². The normalized spacial score (nSPS) is 11.2. The van der Waals surface area contributed by atoms with Crippen LogP contribution in [0.5, 0.6) is 0 Å². The lowest BCUT2D eigenvalue weighted by Gasteiger charge is -2.14. The average Bonchev–Trinajstić information content (AvgIpc) is 2.57. The highest BCUT2D eigenvalue weighted by molar-refractivity contribution is 5.75. The lowest BCUT2D eigenvalue weighted by Crippen LogP contribution is -2.05. The van der Waals surface area contributed by atoms with Crippen LogP contribution in [0.25, 0.3) is 0 Å². The van der Waals surface area contributed by atoms with Crippen LogP contribution in [0, 0.1) is 6.92 Å². The van der Waals surface area contributed by atoms with E-state index in [9.17, 15) is 0 Å². The molecule has 0 amide bonds. The smallest absolute Gasteiger partial charge is 0.0634 e. The number of allylic oxidation sites excluding steroid dienone is 4. The number of nitrogens with two attached hydrogens (primary N) is 1. The number of nitrogen functional groups attached to an aromatic ring is 1. The van der Waals surface area contributed by atoms with E-state index in [2.05, 4.69) is 37.1 Å². The maximum absolute atomic E-state index is 6.10. The van der Waals surface area contributed by atoms with Crippen molar-refractivity contribution in [2.24, 2.45) is 0 Å². The SMILES string of the molecule is C=C/C=C\C=C/Nc1cc(NCCCCCCCC)c(C)cc1N. The van der Waals surface area contributed by atoms with Crippen LogP contribution in [0.2, 0.25) is 0 Å². The predicted molar refractivity (Wildman–Crippen MR) is 110 cm³/mol. The Balaban J connectivity index is 2.49. The molecular weight excluding hydrogens is 294 g/mol. The molecule has 0 aliphatic carbocycles. The first-order valence-corrected chi connectivity index (χ1v) is 9.03. The molecule has 24 heavy (non-hydrogen) atoms. The molecule has 0 aromatic heterocycles. The molecule has 1 rings (SSSR count). The van der Waals surface area contributed by atoms with Crippen LogP contribution in [0.15, 0.2) is 49.2 Å². The van der Waals surface area contributed by atoms with E-state index < -0.39 is 0 Å². The van der Waals surface area contributed by atoms with Crippen molar-refractivity contribution in [3.05, 3.63) is 54.8 Å². The Morgan fingerprint density at radius 1 is 1.00 bits per heavy atom. The summed E-state index contributed by atoms with van der Waals surface area (Å²) in [6.07, 6.45) is 17.2. The Hall–Kier alpha value is -2.16. The van der Waals surface area contributed by atoms with Crippen molar-refractivity contribution >= 4 is 17.1 Å². The molecule has 3 nitrogen and oxygen atoms in total. The van der Waals surface area contributed by atoms with E-state index in [0.29, 0.717) is 0 Å². The van der Waals surface area contributed by atoms with E-state index in [1.807, 2.05) is 30.5 Å². The van der Waals surface area contributed by atoms with Gasteiger partial charge in [0.15, 0.2) is 0 Å². The molecule has 0 atom stereocenters. The Morgan fingerprint density at radius 2 is 1.75 bits per heavy atom. The fourth-order valence-electron chi connectivity index (χ4n) is 2.51. The van der Waals surface area contributed by atoms with Crippen LogP contribution < -0.4 is 16.4 Å². The minimum Gasteiger partial charge on any atom is -0.397 e. The monoisotopic (exact) mass is 327 g/mol. The Labute approximate surface area is 147 Å². The van der Waals surface area contributed by atoms with E-state index in [1.54, 1.807) is 6.08 Å². The first kappa shape index (κ1) is 19.9. The van der Waals surface area contributed by atoms with Crippen molar-refractivity contribution in [1.82, 2.24) is 0 Å². The summed E-state index contributed by atoms with van der Waals surface area (Å²) in [5.74, 6) is 0. The number of hydrogen-bond donors (Lipinski definition) is 3. The summed E-state index contributed by atoms with van der Waals surface area (Å²) in [4.78, 5) is 0. The summed E-state index contributed by atoms with van der Waals surface area (Å²) in [7, 11) is 0. The number of hydrogen-bond acceptors (Lipinski definition) is 3. The molecule has 0 bridgehead atoms. The quantitative estimate of drug-likeness (QED) is 0.250. The molecular formula is C21H33N3. The van der Waals surface area contributed by atoms with Gasteiger partial charge in [0.2, 0.25) is 0 Å². The molecule has 0 aliphatic heterocycles. The summed E-state index contributed by atoms with van der Waals surface area (Å²) in [5.41, 5.74) is 10.1. The second-order valence-electron chi connectivity index (χ2n) is 6.07. The van der Waals surface area contributed by atoms with Crippen LogP contribution in [0.1, 0.15) is 51.0 Å². The fourth-order valence-corrected chi connectivity index (χ4v) is 2.51. The van der Waals surface area contributed by atoms with E-state index in [1.165, 1.54) is 44.1 Å². The van der Waals surface area contributed by atoms with Crippen molar-refractivity contribution < 1.29 is 0 Å². The first-order valence-electron chi connectivity index (χ1n) is 9.03. The third-order valence-corrected chi connectivity index (χ3v) is 3.94. The highest BCUT2D eigenvalue weighted by atomic mass is 14.9. The van der Waals surface area contributed by atoms with Crippen molar-refractivity contribution in [3.63, 3.8) is 0 Å². The van der Waals surface area contributed by atoms with E-state index in [-0.39, 0.29) is 0 Å². The average molecular weight is 328 g/mol. The van der Waals surface area contributed by atoms with Gasteiger partial charge in [-0.05, 0) is 37.1 Å². The van der Waals surface area contributed by atoms with Gasteiger partial charge in [-0.2, -0.15) is 0 Å². The molecule has 3 heteroatoms. The molecule has 0 radical (unpaired) electrons. The lowest BCUT2D eigenvalue weighted by atomic mass is 10.1. The summed E-state index contributed by atoms with van der Waals surface area (Å²) in [5, 5.41) is 6.77. The van der Waals surface area contributed by atoms with Gasteiger partial charge in [-0.15, -0.1) is 0 Å². The van der Waals surface area contributed by atoms with Gasteiger partial charge in [0.05, 0.1) is 11.4 Å². The third kappa shape index (κ3) is 7.91. The molecule has 0 saturated heterocycles. The van der Waals surface area contributed by atoms with Gasteiger partial charge in [-0.25, -0.2) is 0 Å². The zero-order valence-electron chi connectivity index (χ0n) is 15.3. The molecule has 1 aromatic rings. The lowest BCUT2D eigenvalue weighted by molar-refractivity contribution is 0.617. The second-order valence-corrected chi connectivity index (χ2v) is 6.07. The van der Waals surface area contributed by atoms with Crippen molar-refractivity contribution in [1.29, 1.82) is 0 Å². The molecule has 0 saturated carbocycles. The molecule has 4 N–H and O–H groups in total. The van der Waals surface area contributed by atoms with Crippen LogP contribution in [-0.2, 0) is 0 Å². The standard InChI is InChI=1S/C21H33N3/c1-4-6-8-10-11-13-14-23-20-17-21(19(22)16-18(20)3)24-15-12-9-7-5-2/h5,7,9,12,15-17,23-24H,2,4,6,8,10-11,13-14,22H2,1,3H3/b9-7-,15-12-. The second kappa shape index (κ2) is 12.3. The third-order valence-electron chi connectivity index (χ3n) is 3.94. The summed E-state index contributed by atoms with van der Waals surface area (Å²) >= 11 is 0. The Bertz CT molecular complexity index is 544. The minimum absolute atomic E-state index is 0.759. The molecule has 0 aliphatic rings. The van der Waals surface area contributed by atoms with Gasteiger partial charge in [-0.3, -0.25) is 0 Å². The fraction of sp³-hybridized carbons (Fsp3) is 0.429. The van der Waals surface area contributed by atoms with Gasteiger partial charge in [0, 0.05) is 18.4 Å². The Morgan fingerprint density at radius 3 is 2.50 bits per heavy atom. The minimum atomic E-state index is 0.759. The maximum atomic E-state index is 6.10. The number of rotatable bonds is 12. The van der Waals surface area contributed by atoms with E-state index in [0.717, 1.165) is 23.6 Å². The van der Waals surface area contributed by atoms with E-state index in [4.69, 9.17) is 5.73 Å². The number of anilines is 3. The number of nitrogens with one attached hydrogen (secondary N) is 2. The van der Waals surface area contributed by atoms with Crippen LogP contribution in [0.4, 0.5) is 17.1 Å². The highest BCUT2D eigenvalue weighted by Gasteiger charge is 2.04. The highest BCUT2D eigenvalue weighted by Crippen LogP contribution is 2.27. The van der Waals surface area contributed by atoms with Gasteiger partial charge < -0.3 is 16.4 Å². The number of aryl methyl sites for hydroxylation is 1. The summed E-state index contributed by atoms with van der Waals surface area (Å²) in [6.45, 7) is 8.99.